The van der Waals surface area contributed by atoms with E-state index in [1.807, 2.05) is 41.5 Å². The van der Waals surface area contributed by atoms with Gasteiger partial charge in [0, 0.05) is 23.4 Å². The van der Waals surface area contributed by atoms with Gasteiger partial charge in [0.2, 0.25) is 0 Å². The van der Waals surface area contributed by atoms with Crippen molar-refractivity contribution in [2.75, 3.05) is 6.54 Å². The normalized spacial score (nSPS) is 42.2. The number of nitrogens with one attached hydrogen (secondary N) is 2. The first kappa shape index (κ1) is 22.1. The van der Waals surface area contributed by atoms with Gasteiger partial charge in [-0.1, -0.05) is 27.7 Å². The van der Waals surface area contributed by atoms with Crippen LogP contribution in [-0.4, -0.2) is 47.5 Å². The van der Waals surface area contributed by atoms with Crippen LogP contribution in [0, 0.1) is 21.7 Å². The number of hydrogen-bond acceptors (Lipinski definition) is 6. The highest BCUT2D eigenvalue weighted by atomic mass is 16.6. The van der Waals surface area contributed by atoms with Crippen molar-refractivity contribution in [1.29, 1.82) is 0 Å². The van der Waals surface area contributed by atoms with Crippen molar-refractivity contribution >= 4 is 23.8 Å². The summed E-state index contributed by atoms with van der Waals surface area (Å²) in [5.74, 6) is -1.30. The number of rotatable bonds is 5. The van der Waals surface area contributed by atoms with Crippen molar-refractivity contribution < 1.29 is 28.7 Å². The Morgan fingerprint density at radius 3 is 1.58 bits per heavy atom. The predicted molar refractivity (Wildman–Crippen MR) is 111 cm³/mol. The first-order chi connectivity index (χ1) is 14.1. The van der Waals surface area contributed by atoms with Crippen LogP contribution >= 0.6 is 0 Å². The lowest BCUT2D eigenvalue weighted by Gasteiger charge is -2.37. The summed E-state index contributed by atoms with van der Waals surface area (Å²) in [6.07, 6.45) is 2.19. The standard InChI is InChI=1S/C23H34N2O6/c1-13(25-15(27)23-11-9-21(7,17(29)31-23)19(23,4)5)12-24-14(26)22-10-8-20(6,16(28)30-22)18(22,2)3/h13H,8-12H2,1-7H3,(H,24,26)(H,25,27)/t13-,20+,21-,22-,23+/m0/s1. The number of ether oxygens (including phenoxy) is 2. The van der Waals surface area contributed by atoms with Crippen LogP contribution in [0.3, 0.4) is 0 Å². The maximum atomic E-state index is 13.2. The summed E-state index contributed by atoms with van der Waals surface area (Å²) < 4.78 is 11.2. The lowest BCUT2D eigenvalue weighted by molar-refractivity contribution is -0.169. The monoisotopic (exact) mass is 434 g/mol. The van der Waals surface area contributed by atoms with Gasteiger partial charge in [-0.15, -0.1) is 0 Å². The van der Waals surface area contributed by atoms with Gasteiger partial charge in [0.05, 0.1) is 10.8 Å². The molecule has 0 aromatic heterocycles. The van der Waals surface area contributed by atoms with Gasteiger partial charge < -0.3 is 20.1 Å². The Balaban J connectivity index is 1.41. The van der Waals surface area contributed by atoms with Crippen LogP contribution in [0.5, 0.6) is 0 Å². The van der Waals surface area contributed by atoms with E-state index >= 15 is 0 Å². The van der Waals surface area contributed by atoms with Crippen molar-refractivity contribution in [2.45, 2.75) is 91.4 Å². The van der Waals surface area contributed by atoms with Crippen LogP contribution in [-0.2, 0) is 28.7 Å². The highest BCUT2D eigenvalue weighted by Crippen LogP contribution is 2.66. The minimum atomic E-state index is -1.19. The Morgan fingerprint density at radius 1 is 0.806 bits per heavy atom. The average Bonchev–Trinajstić information content (AvgIpc) is 3.14. The Morgan fingerprint density at radius 2 is 1.23 bits per heavy atom. The molecule has 2 aliphatic carbocycles. The van der Waals surface area contributed by atoms with E-state index in [1.54, 1.807) is 6.92 Å². The van der Waals surface area contributed by atoms with Crippen LogP contribution in [0.15, 0.2) is 0 Å². The van der Waals surface area contributed by atoms with Crippen LogP contribution in [0.1, 0.15) is 74.1 Å². The summed E-state index contributed by atoms with van der Waals surface area (Å²) in [6, 6.07) is -0.391. The van der Waals surface area contributed by atoms with Gasteiger partial charge in [-0.05, 0) is 46.5 Å². The van der Waals surface area contributed by atoms with Gasteiger partial charge in [-0.3, -0.25) is 19.2 Å². The van der Waals surface area contributed by atoms with Crippen molar-refractivity contribution in [3.05, 3.63) is 0 Å². The summed E-state index contributed by atoms with van der Waals surface area (Å²) in [4.78, 5) is 51.1. The molecule has 8 heteroatoms. The molecule has 4 fully saturated rings. The zero-order chi connectivity index (χ0) is 23.3. The van der Waals surface area contributed by atoms with Crippen LogP contribution in [0.25, 0.3) is 0 Å². The Kier molecular flexibility index (Phi) is 4.28. The molecule has 4 bridgehead atoms. The Labute approximate surface area is 183 Å². The lowest BCUT2D eigenvalue weighted by atomic mass is 9.66. The van der Waals surface area contributed by atoms with Gasteiger partial charge in [-0.2, -0.15) is 0 Å². The largest absolute Gasteiger partial charge is 0.448 e. The quantitative estimate of drug-likeness (QED) is 0.639. The van der Waals surface area contributed by atoms with Gasteiger partial charge in [0.15, 0.2) is 11.2 Å². The van der Waals surface area contributed by atoms with Crippen molar-refractivity contribution in [3.8, 4) is 0 Å². The third-order valence-corrected chi connectivity index (χ3v) is 9.85. The molecule has 0 aromatic carbocycles. The molecule has 4 rings (SSSR count). The highest BCUT2D eigenvalue weighted by Gasteiger charge is 2.76. The van der Waals surface area contributed by atoms with Gasteiger partial charge in [-0.25, -0.2) is 0 Å². The highest BCUT2D eigenvalue weighted by molar-refractivity contribution is 5.97. The van der Waals surface area contributed by atoms with Crippen molar-refractivity contribution in [2.24, 2.45) is 21.7 Å². The van der Waals surface area contributed by atoms with E-state index < -0.39 is 38.9 Å². The van der Waals surface area contributed by atoms with E-state index in [2.05, 4.69) is 10.6 Å². The van der Waals surface area contributed by atoms with Crippen LogP contribution in [0.2, 0.25) is 0 Å². The first-order valence-electron chi connectivity index (χ1n) is 11.2. The molecule has 2 amide bonds. The number of carbonyl (C=O) groups is 4. The predicted octanol–water partition coefficient (Wildman–Crippen LogP) is 1.85. The first-order valence-corrected chi connectivity index (χ1v) is 11.2. The Bertz CT molecular complexity index is 896. The molecule has 2 saturated heterocycles. The number of fused-ring (bicyclic) bond motifs is 4. The number of hydrogen-bond donors (Lipinski definition) is 2. The molecule has 2 heterocycles. The van der Waals surface area contributed by atoms with E-state index in [-0.39, 0.29) is 30.3 Å². The maximum Gasteiger partial charge on any atom is 0.313 e. The van der Waals surface area contributed by atoms with E-state index in [9.17, 15) is 19.2 Å². The molecule has 0 aromatic rings. The second-order valence-electron chi connectivity index (χ2n) is 11.4. The summed E-state index contributed by atoms with van der Waals surface area (Å²) in [7, 11) is 0. The zero-order valence-electron chi connectivity index (χ0n) is 19.6. The van der Waals surface area contributed by atoms with Crippen LogP contribution in [0.4, 0.5) is 0 Å². The molecule has 0 spiro atoms. The molecule has 2 aliphatic heterocycles. The number of carbonyl (C=O) groups excluding carboxylic acids is 4. The molecule has 8 nitrogen and oxygen atoms in total. The van der Waals surface area contributed by atoms with E-state index in [0.717, 1.165) is 0 Å². The van der Waals surface area contributed by atoms with Crippen molar-refractivity contribution in [1.82, 2.24) is 10.6 Å². The molecule has 5 atom stereocenters. The van der Waals surface area contributed by atoms with E-state index in [1.165, 1.54) is 0 Å². The number of esters is 2. The summed E-state index contributed by atoms with van der Waals surface area (Å²) >= 11 is 0. The zero-order valence-corrected chi connectivity index (χ0v) is 19.6. The van der Waals surface area contributed by atoms with Gasteiger partial charge in [0.25, 0.3) is 11.8 Å². The fourth-order valence-corrected chi connectivity index (χ4v) is 6.27. The summed E-state index contributed by atoms with van der Waals surface area (Å²) in [6.45, 7) is 13.3. The second kappa shape index (κ2) is 6.01. The fourth-order valence-electron chi connectivity index (χ4n) is 6.27. The molecule has 31 heavy (non-hydrogen) atoms. The minimum Gasteiger partial charge on any atom is -0.448 e. The molecule has 2 saturated carbocycles. The molecular weight excluding hydrogens is 400 g/mol. The van der Waals surface area contributed by atoms with E-state index in [4.69, 9.17) is 9.47 Å². The topological polar surface area (TPSA) is 111 Å². The van der Waals surface area contributed by atoms with Crippen LogP contribution < -0.4 is 10.6 Å². The molecule has 0 unspecified atom stereocenters. The SMILES string of the molecule is C[C@@H](CNC(=O)[C@]12CC[C@](C)(C(=O)O1)C2(C)C)NC(=O)[C@@]12CC[C@@](C)(C(=O)O1)C2(C)C. The lowest BCUT2D eigenvalue weighted by Crippen LogP contribution is -2.58. The summed E-state index contributed by atoms with van der Waals surface area (Å²) in [5.41, 5.74) is -4.96. The van der Waals surface area contributed by atoms with Crippen molar-refractivity contribution in [3.63, 3.8) is 0 Å². The third-order valence-electron chi connectivity index (χ3n) is 9.85. The molecule has 0 radical (unpaired) electrons. The molecular formula is C23H34N2O6. The average molecular weight is 435 g/mol. The minimum absolute atomic E-state index is 0.179. The maximum absolute atomic E-state index is 13.2. The van der Waals surface area contributed by atoms with Gasteiger partial charge >= 0.3 is 11.9 Å². The third kappa shape index (κ3) is 2.26. The van der Waals surface area contributed by atoms with Gasteiger partial charge in [0.1, 0.15) is 0 Å². The van der Waals surface area contributed by atoms with E-state index in [0.29, 0.717) is 25.7 Å². The fraction of sp³-hybridized carbons (Fsp3) is 0.826. The molecule has 4 aliphatic rings. The second-order valence-corrected chi connectivity index (χ2v) is 11.4. The molecule has 172 valence electrons. The summed E-state index contributed by atoms with van der Waals surface area (Å²) in [5, 5.41) is 5.79. The number of amides is 2. The molecule has 2 N–H and O–H groups in total. The smallest absolute Gasteiger partial charge is 0.313 e. The Hall–Kier alpha value is -2.12.